The Balaban J connectivity index is 1.51. The summed E-state index contributed by atoms with van der Waals surface area (Å²) in [6.45, 7) is 8.10. The molecule has 2 aliphatic rings. The molecule has 3 rings (SSSR count). The number of nitrogens with zero attached hydrogens (tertiary/aromatic N) is 1. The van der Waals surface area contributed by atoms with Gasteiger partial charge in [0.25, 0.3) is 5.91 Å². The normalized spacial score (nSPS) is 22.3. The van der Waals surface area contributed by atoms with Gasteiger partial charge in [-0.3, -0.25) is 14.5 Å². The lowest BCUT2D eigenvalue weighted by atomic mass is 9.88. The van der Waals surface area contributed by atoms with Crippen LogP contribution in [-0.4, -0.2) is 42.3 Å². The van der Waals surface area contributed by atoms with Crippen molar-refractivity contribution >= 4 is 23.3 Å². The van der Waals surface area contributed by atoms with Gasteiger partial charge in [0.05, 0.1) is 6.54 Å². The lowest BCUT2D eigenvalue weighted by molar-refractivity contribution is -0.127. The molecule has 0 bridgehead atoms. The van der Waals surface area contributed by atoms with Crippen molar-refractivity contribution in [1.82, 2.24) is 10.2 Å². The van der Waals surface area contributed by atoms with Crippen molar-refractivity contribution in [2.24, 2.45) is 10.8 Å². The molecule has 0 radical (unpaired) electrons. The molecule has 0 aromatic heterocycles. The summed E-state index contributed by atoms with van der Waals surface area (Å²) < 4.78 is 13.4. The Bertz CT molecular complexity index is 701. The van der Waals surface area contributed by atoms with Crippen LogP contribution in [0.5, 0.6) is 0 Å². The van der Waals surface area contributed by atoms with Crippen LogP contribution in [0.1, 0.15) is 50.4 Å². The van der Waals surface area contributed by atoms with Crippen LogP contribution in [0.25, 0.3) is 0 Å². The Labute approximate surface area is 159 Å². The lowest BCUT2D eigenvalue weighted by Gasteiger charge is -2.33. The first-order valence-electron chi connectivity index (χ1n) is 9.12. The minimum Gasteiger partial charge on any atom is -0.349 e. The van der Waals surface area contributed by atoms with Crippen LogP contribution >= 0.6 is 11.6 Å². The number of likely N-dealkylation sites (tertiary alicyclic amines) is 1. The zero-order chi connectivity index (χ0) is 19.1. The van der Waals surface area contributed by atoms with Gasteiger partial charge in [-0.1, -0.05) is 32.4 Å². The number of nitrogens with one attached hydrogen (secondary N) is 1. The van der Waals surface area contributed by atoms with Gasteiger partial charge in [-0.25, -0.2) is 4.39 Å². The fraction of sp³-hybridized carbons (Fsp3) is 0.600. The van der Waals surface area contributed by atoms with Gasteiger partial charge in [-0.05, 0) is 56.0 Å². The molecule has 6 heteroatoms. The van der Waals surface area contributed by atoms with E-state index >= 15 is 0 Å². The highest BCUT2D eigenvalue weighted by Crippen LogP contribution is 2.54. The van der Waals surface area contributed by atoms with E-state index in [1.807, 2.05) is 20.8 Å². The van der Waals surface area contributed by atoms with Gasteiger partial charge in [0, 0.05) is 22.0 Å². The van der Waals surface area contributed by atoms with Crippen molar-refractivity contribution in [2.75, 3.05) is 19.6 Å². The molecule has 1 amide bonds. The molecule has 1 aliphatic carbocycles. The molecule has 1 saturated heterocycles. The molecule has 1 N–H and O–H groups in total. The van der Waals surface area contributed by atoms with Crippen LogP contribution in [-0.2, 0) is 4.79 Å². The fourth-order valence-electron chi connectivity index (χ4n) is 3.63. The summed E-state index contributed by atoms with van der Waals surface area (Å²) in [5, 5.41) is 3.24. The second-order valence-corrected chi connectivity index (χ2v) is 9.14. The first kappa shape index (κ1) is 19.3. The van der Waals surface area contributed by atoms with Gasteiger partial charge in [-0.15, -0.1) is 0 Å². The second-order valence-electron chi connectivity index (χ2n) is 8.70. The van der Waals surface area contributed by atoms with Gasteiger partial charge in [0.15, 0.2) is 5.78 Å². The minimum atomic E-state index is -0.509. The van der Waals surface area contributed by atoms with E-state index in [0.29, 0.717) is 6.54 Å². The lowest BCUT2D eigenvalue weighted by Crippen LogP contribution is -2.43. The first-order chi connectivity index (χ1) is 12.1. The van der Waals surface area contributed by atoms with Crippen molar-refractivity contribution in [2.45, 2.75) is 46.1 Å². The number of piperidine rings is 1. The number of rotatable bonds is 4. The average molecular weight is 381 g/mol. The summed E-state index contributed by atoms with van der Waals surface area (Å²) in [4.78, 5) is 26.8. The van der Waals surface area contributed by atoms with Crippen molar-refractivity contribution in [3.05, 3.63) is 34.6 Å². The number of Topliss-reactive ketones (excluding diaryl/α,β-unsaturated/α-hetero) is 1. The number of halogens is 2. The first-order valence-corrected chi connectivity index (χ1v) is 9.49. The highest BCUT2D eigenvalue weighted by Gasteiger charge is 2.55. The van der Waals surface area contributed by atoms with Crippen LogP contribution in [0.4, 0.5) is 4.39 Å². The van der Waals surface area contributed by atoms with Crippen LogP contribution < -0.4 is 5.32 Å². The number of amides is 1. The van der Waals surface area contributed by atoms with Crippen molar-refractivity contribution in [3.63, 3.8) is 0 Å². The monoisotopic (exact) mass is 380 g/mol. The van der Waals surface area contributed by atoms with E-state index in [1.54, 1.807) is 0 Å². The molecule has 4 nitrogen and oxygen atoms in total. The maximum atomic E-state index is 13.4. The van der Waals surface area contributed by atoms with Crippen molar-refractivity contribution in [1.29, 1.82) is 0 Å². The maximum Gasteiger partial charge on any atom is 0.251 e. The number of benzene rings is 1. The van der Waals surface area contributed by atoms with Gasteiger partial charge in [0.2, 0.25) is 0 Å². The summed E-state index contributed by atoms with van der Waals surface area (Å²) in [6.07, 6.45) is 2.89. The standard InChI is InChI=1S/C20H26ClFN2O2/c1-19(2,3)17(25)12-24-6-4-20(5-7-24)11-16(20)23-18(26)13-8-14(21)10-15(22)9-13/h8-10,16H,4-7,11-12H2,1-3H3,(H,23,26)/t16-/m0/s1. The predicted molar refractivity (Wildman–Crippen MR) is 99.9 cm³/mol. The fourth-order valence-corrected chi connectivity index (χ4v) is 3.85. The summed E-state index contributed by atoms with van der Waals surface area (Å²) >= 11 is 5.83. The molecule has 1 saturated carbocycles. The topological polar surface area (TPSA) is 49.4 Å². The Morgan fingerprint density at radius 1 is 1.27 bits per heavy atom. The van der Waals surface area contributed by atoms with E-state index in [4.69, 9.17) is 11.6 Å². The third kappa shape index (κ3) is 4.26. The molecule has 1 spiro atoms. The van der Waals surface area contributed by atoms with Crippen LogP contribution in [0.15, 0.2) is 18.2 Å². The number of carbonyl (C=O) groups excluding carboxylic acids is 2. The molecule has 1 aliphatic heterocycles. The van der Waals surface area contributed by atoms with Crippen molar-refractivity contribution < 1.29 is 14.0 Å². The highest BCUT2D eigenvalue weighted by molar-refractivity contribution is 6.31. The second kappa shape index (κ2) is 6.93. The van der Waals surface area contributed by atoms with E-state index in [-0.39, 0.29) is 39.1 Å². The SMILES string of the molecule is CC(C)(C)C(=O)CN1CCC2(CC1)C[C@@H]2NC(=O)c1cc(F)cc(Cl)c1. The van der Waals surface area contributed by atoms with E-state index in [0.717, 1.165) is 32.4 Å². The molecule has 1 atom stereocenters. The van der Waals surface area contributed by atoms with Crippen LogP contribution in [0.3, 0.4) is 0 Å². The maximum absolute atomic E-state index is 13.4. The zero-order valence-electron chi connectivity index (χ0n) is 15.6. The molecular formula is C20H26ClFN2O2. The Morgan fingerprint density at radius 3 is 2.50 bits per heavy atom. The quantitative estimate of drug-likeness (QED) is 0.866. The summed E-state index contributed by atoms with van der Waals surface area (Å²) in [6, 6.07) is 4.00. The number of hydrogen-bond acceptors (Lipinski definition) is 3. The molecule has 2 fully saturated rings. The van der Waals surface area contributed by atoms with E-state index < -0.39 is 5.82 Å². The summed E-state index contributed by atoms with van der Waals surface area (Å²) in [7, 11) is 0. The number of carbonyl (C=O) groups is 2. The van der Waals surface area contributed by atoms with Gasteiger partial charge in [0.1, 0.15) is 5.82 Å². The number of ketones is 1. The molecule has 1 heterocycles. The van der Waals surface area contributed by atoms with E-state index in [9.17, 15) is 14.0 Å². The summed E-state index contributed by atoms with van der Waals surface area (Å²) in [5.74, 6) is -0.527. The van der Waals surface area contributed by atoms with Gasteiger partial charge >= 0.3 is 0 Å². The molecule has 1 aromatic carbocycles. The highest BCUT2D eigenvalue weighted by atomic mass is 35.5. The Hall–Kier alpha value is -1.46. The molecule has 142 valence electrons. The number of hydrogen-bond donors (Lipinski definition) is 1. The summed E-state index contributed by atoms with van der Waals surface area (Å²) in [5.41, 5.74) is 0.0798. The largest absolute Gasteiger partial charge is 0.349 e. The molecule has 0 unspecified atom stereocenters. The smallest absolute Gasteiger partial charge is 0.251 e. The van der Waals surface area contributed by atoms with Gasteiger partial charge in [-0.2, -0.15) is 0 Å². The minimum absolute atomic E-state index is 0.123. The third-order valence-corrected chi connectivity index (χ3v) is 5.89. The van der Waals surface area contributed by atoms with Gasteiger partial charge < -0.3 is 5.32 Å². The van der Waals surface area contributed by atoms with E-state index in [2.05, 4.69) is 10.2 Å². The van der Waals surface area contributed by atoms with Crippen LogP contribution in [0, 0.1) is 16.6 Å². The van der Waals surface area contributed by atoms with Crippen molar-refractivity contribution in [3.8, 4) is 0 Å². The van der Waals surface area contributed by atoms with Crippen LogP contribution in [0.2, 0.25) is 5.02 Å². The predicted octanol–water partition coefficient (Wildman–Crippen LogP) is 3.68. The zero-order valence-corrected chi connectivity index (χ0v) is 16.3. The molecule has 26 heavy (non-hydrogen) atoms. The van der Waals surface area contributed by atoms with E-state index in [1.165, 1.54) is 18.2 Å². The average Bonchev–Trinajstić information content (AvgIpc) is 3.19. The third-order valence-electron chi connectivity index (χ3n) is 5.68. The molecular weight excluding hydrogens is 355 g/mol. The Morgan fingerprint density at radius 2 is 1.92 bits per heavy atom. The molecule has 1 aromatic rings. The Kier molecular flexibility index (Phi) is 5.15.